The molecule has 6 aliphatic rings. The molecule has 0 spiro atoms. The second-order valence-electron chi connectivity index (χ2n) is 12.6. The summed E-state index contributed by atoms with van der Waals surface area (Å²) in [5, 5.41) is 0. The lowest BCUT2D eigenvalue weighted by Crippen LogP contribution is -2.45. The minimum absolute atomic E-state index is 0.0196. The number of hydrogen-bond donors (Lipinski definition) is 3. The molecular weight excluding hydrogens is 480 g/mol. The van der Waals surface area contributed by atoms with Crippen LogP contribution in [0, 0.1) is 35.5 Å². The van der Waals surface area contributed by atoms with Crippen LogP contribution in [0.2, 0.25) is 0 Å². The van der Waals surface area contributed by atoms with Crippen LogP contribution in [0.5, 0.6) is 0 Å². The summed E-state index contributed by atoms with van der Waals surface area (Å²) in [6.45, 7) is 5.99. The summed E-state index contributed by atoms with van der Waals surface area (Å²) in [6, 6.07) is 9.35. The van der Waals surface area contributed by atoms with E-state index in [0.29, 0.717) is 47.6 Å². The van der Waals surface area contributed by atoms with Crippen LogP contribution in [0.3, 0.4) is 0 Å². The van der Waals surface area contributed by atoms with Crippen molar-refractivity contribution >= 4 is 17.5 Å². The largest absolute Gasteiger partial charge is 0.385 e. The Morgan fingerprint density at radius 3 is 2.24 bits per heavy atom. The molecule has 9 heteroatoms. The quantitative estimate of drug-likeness (QED) is 0.481. The van der Waals surface area contributed by atoms with Gasteiger partial charge < -0.3 is 19.4 Å². The van der Waals surface area contributed by atoms with Gasteiger partial charge in [-0.15, -0.1) is 0 Å². The number of amides is 2. The van der Waals surface area contributed by atoms with Crippen molar-refractivity contribution in [1.29, 1.82) is 0 Å². The summed E-state index contributed by atoms with van der Waals surface area (Å²) in [5.41, 5.74) is 12.1. The number of hydrazine groups is 2. The molecule has 7 rings (SSSR count). The van der Waals surface area contributed by atoms with E-state index in [1.807, 2.05) is 0 Å². The van der Waals surface area contributed by atoms with E-state index in [-0.39, 0.29) is 11.8 Å². The Balaban J connectivity index is 0.956. The first-order chi connectivity index (χ1) is 18.6. The van der Waals surface area contributed by atoms with Crippen LogP contribution in [0.15, 0.2) is 24.3 Å². The lowest BCUT2D eigenvalue weighted by Gasteiger charge is -2.42. The molecule has 8 atom stereocenters. The van der Waals surface area contributed by atoms with E-state index in [9.17, 15) is 9.59 Å². The molecule has 1 aromatic rings. The number of nitrogens with one attached hydrogen (secondary N) is 3. The fourth-order valence-electron chi connectivity index (χ4n) is 8.67. The first kappa shape index (κ1) is 24.8. The van der Waals surface area contributed by atoms with Gasteiger partial charge in [-0.05, 0) is 67.4 Å². The van der Waals surface area contributed by atoms with Crippen molar-refractivity contribution in [3.63, 3.8) is 0 Å². The lowest BCUT2D eigenvalue weighted by atomic mass is 9.60. The van der Waals surface area contributed by atoms with Crippen LogP contribution in [-0.4, -0.2) is 86.7 Å². The summed E-state index contributed by atoms with van der Waals surface area (Å²) < 4.78 is 5.28. The maximum absolute atomic E-state index is 13.8. The van der Waals surface area contributed by atoms with Crippen molar-refractivity contribution in [2.24, 2.45) is 35.5 Å². The third kappa shape index (κ3) is 4.22. The van der Waals surface area contributed by atoms with Crippen molar-refractivity contribution in [1.82, 2.24) is 26.2 Å². The topological polar surface area (TPSA) is 89.2 Å². The van der Waals surface area contributed by atoms with Gasteiger partial charge >= 0.3 is 0 Å². The zero-order valence-corrected chi connectivity index (χ0v) is 22.5. The number of carbonyl (C=O) groups excluding carboxylic acids is 2. The monoisotopic (exact) mass is 522 g/mol. The van der Waals surface area contributed by atoms with Gasteiger partial charge in [-0.2, -0.15) is 5.53 Å². The highest BCUT2D eigenvalue weighted by Crippen LogP contribution is 2.54. The van der Waals surface area contributed by atoms with Crippen LogP contribution in [0.4, 0.5) is 5.69 Å². The van der Waals surface area contributed by atoms with Gasteiger partial charge in [0.1, 0.15) is 0 Å². The normalized spacial score (nSPS) is 37.3. The standard InChI is InChI=1S/C29H42N6O3/c1-38-10-4-9-33-13-20(11-18-5-2-3-6-27(18)33)29(37)35-16-23-21-14-34(15-22(21)24(23)17-35)28(36)19-7-8-25-26(12-19)31-32-30-25/h2-3,5-6,19-26,30-32H,4,7-17H2,1H3/t19?,20?,21-,22+,23+,24-,25?,26?. The number of likely N-dealkylation sites (tertiary alicyclic amines) is 2. The number of hydrogen-bond acceptors (Lipinski definition) is 7. The predicted octanol–water partition coefficient (Wildman–Crippen LogP) is 1.01. The van der Waals surface area contributed by atoms with Gasteiger partial charge in [-0.1, -0.05) is 18.2 Å². The highest BCUT2D eigenvalue weighted by Gasteiger charge is 2.60. The second-order valence-corrected chi connectivity index (χ2v) is 12.6. The Morgan fingerprint density at radius 1 is 0.868 bits per heavy atom. The summed E-state index contributed by atoms with van der Waals surface area (Å²) in [7, 11) is 1.75. The van der Waals surface area contributed by atoms with Crippen LogP contribution < -0.4 is 21.3 Å². The Morgan fingerprint density at radius 2 is 1.53 bits per heavy atom. The number of rotatable bonds is 6. The molecule has 4 unspecified atom stereocenters. The molecule has 9 nitrogen and oxygen atoms in total. The molecule has 3 saturated heterocycles. The van der Waals surface area contributed by atoms with Crippen molar-refractivity contribution in [2.45, 2.75) is 44.2 Å². The van der Waals surface area contributed by atoms with Gasteiger partial charge in [-0.25, -0.2) is 10.9 Å². The maximum atomic E-state index is 13.8. The smallest absolute Gasteiger partial charge is 0.227 e. The molecular formula is C29H42N6O3. The predicted molar refractivity (Wildman–Crippen MR) is 144 cm³/mol. The number of nitrogens with zero attached hydrogens (tertiary/aromatic N) is 3. The molecule has 38 heavy (non-hydrogen) atoms. The average molecular weight is 523 g/mol. The number of benzene rings is 1. The van der Waals surface area contributed by atoms with Crippen LogP contribution in [0.25, 0.3) is 0 Å². The number of carbonyl (C=O) groups is 2. The molecule has 4 aliphatic heterocycles. The van der Waals surface area contributed by atoms with Crippen molar-refractivity contribution in [2.75, 3.05) is 57.9 Å². The Hall–Kier alpha value is -2.20. The van der Waals surface area contributed by atoms with E-state index in [1.165, 1.54) is 11.3 Å². The van der Waals surface area contributed by atoms with E-state index in [4.69, 9.17) is 4.74 Å². The maximum Gasteiger partial charge on any atom is 0.227 e. The van der Waals surface area contributed by atoms with Gasteiger partial charge in [0.05, 0.1) is 5.92 Å². The van der Waals surface area contributed by atoms with Gasteiger partial charge in [-0.3, -0.25) is 9.59 Å². The summed E-state index contributed by atoms with van der Waals surface area (Å²) in [5.74, 6) is 3.14. The van der Waals surface area contributed by atoms with Gasteiger partial charge in [0, 0.05) is 76.7 Å². The molecule has 3 N–H and O–H groups in total. The molecule has 1 aromatic carbocycles. The van der Waals surface area contributed by atoms with Crippen LogP contribution in [-0.2, 0) is 20.7 Å². The van der Waals surface area contributed by atoms with Crippen LogP contribution in [0.1, 0.15) is 31.2 Å². The molecule has 4 heterocycles. The zero-order chi connectivity index (χ0) is 25.8. The van der Waals surface area contributed by atoms with Crippen molar-refractivity contribution < 1.29 is 14.3 Å². The van der Waals surface area contributed by atoms with Crippen molar-refractivity contribution in [3.05, 3.63) is 29.8 Å². The molecule has 2 aliphatic carbocycles. The third-order valence-electron chi connectivity index (χ3n) is 10.6. The van der Waals surface area contributed by atoms with E-state index < -0.39 is 0 Å². The van der Waals surface area contributed by atoms with Gasteiger partial charge in [0.25, 0.3) is 0 Å². The lowest BCUT2D eigenvalue weighted by molar-refractivity contribution is -0.136. The molecule has 206 valence electrons. The van der Waals surface area contributed by atoms with Gasteiger partial charge in [0.2, 0.25) is 11.8 Å². The molecule has 0 aromatic heterocycles. The SMILES string of the molecule is COCCCN1CC(C(=O)N2C[C@@H]3[C@H]4CN(C(=O)C5CCC6NNNC6C5)C[C@H]4[C@@H]3C2)Cc2ccccc21. The first-order valence-electron chi connectivity index (χ1n) is 14.8. The van der Waals surface area contributed by atoms with E-state index in [1.54, 1.807) is 7.11 Å². The van der Waals surface area contributed by atoms with Crippen molar-refractivity contribution in [3.8, 4) is 0 Å². The minimum Gasteiger partial charge on any atom is -0.385 e. The molecule has 2 amide bonds. The Kier molecular flexibility index (Phi) is 6.58. The van der Waals surface area contributed by atoms with Gasteiger partial charge in [0.15, 0.2) is 0 Å². The highest BCUT2D eigenvalue weighted by atomic mass is 16.5. The molecule has 0 radical (unpaired) electrons. The molecule has 2 saturated carbocycles. The minimum atomic E-state index is 0.0196. The molecule has 0 bridgehead atoms. The number of anilines is 1. The Bertz CT molecular complexity index is 1050. The number of para-hydroxylation sites is 1. The summed E-state index contributed by atoms with van der Waals surface area (Å²) in [4.78, 5) is 34.0. The fraction of sp³-hybridized carbons (Fsp3) is 0.724. The van der Waals surface area contributed by atoms with E-state index in [0.717, 1.165) is 78.0 Å². The van der Waals surface area contributed by atoms with E-state index >= 15 is 0 Å². The highest BCUT2D eigenvalue weighted by molar-refractivity contribution is 5.82. The summed E-state index contributed by atoms with van der Waals surface area (Å²) in [6.07, 6.45) is 4.73. The Labute approximate surface area is 225 Å². The summed E-state index contributed by atoms with van der Waals surface area (Å²) >= 11 is 0. The number of fused-ring (bicyclic) bond motifs is 6. The number of ether oxygens (including phenoxy) is 1. The average Bonchev–Trinajstić information content (AvgIpc) is 3.66. The molecule has 5 fully saturated rings. The first-order valence-corrected chi connectivity index (χ1v) is 14.8. The third-order valence-corrected chi connectivity index (χ3v) is 10.6. The second kappa shape index (κ2) is 10.1. The zero-order valence-electron chi connectivity index (χ0n) is 22.5. The number of methoxy groups -OCH3 is 1. The fourth-order valence-corrected chi connectivity index (χ4v) is 8.67. The van der Waals surface area contributed by atoms with E-state index in [2.05, 4.69) is 55.4 Å². The van der Waals surface area contributed by atoms with Crippen LogP contribution >= 0.6 is 0 Å².